The van der Waals surface area contributed by atoms with Crippen LogP contribution in [-0.4, -0.2) is 0 Å². The Morgan fingerprint density at radius 2 is 1.77 bits per heavy atom. The highest BCUT2D eigenvalue weighted by Crippen LogP contribution is 2.35. The molecular formula is C7H2ClF4I. The lowest BCUT2D eigenvalue weighted by molar-refractivity contribution is -0.138. The fraction of sp³-hybridized carbons (Fsp3) is 0.143. The van der Waals surface area contributed by atoms with E-state index in [4.69, 9.17) is 11.6 Å². The van der Waals surface area contributed by atoms with Crippen molar-refractivity contribution in [2.24, 2.45) is 0 Å². The molecule has 0 saturated carbocycles. The van der Waals surface area contributed by atoms with Crippen molar-refractivity contribution in [3.8, 4) is 0 Å². The van der Waals surface area contributed by atoms with Gasteiger partial charge in [-0.1, -0.05) is 11.6 Å². The topological polar surface area (TPSA) is 0 Å². The third-order valence-electron chi connectivity index (χ3n) is 1.32. The highest BCUT2D eigenvalue weighted by Gasteiger charge is 2.33. The van der Waals surface area contributed by atoms with Gasteiger partial charge in [-0.15, -0.1) is 0 Å². The number of alkyl halides is 3. The molecule has 0 nitrogen and oxygen atoms in total. The van der Waals surface area contributed by atoms with Crippen LogP contribution in [0.4, 0.5) is 17.6 Å². The standard InChI is InChI=1S/C7H2ClF4I/c8-4-2-6(13)3(1-5(4)9)7(10,11)12/h1-2H. The first-order chi connectivity index (χ1) is 5.82. The Morgan fingerprint density at radius 1 is 1.23 bits per heavy atom. The SMILES string of the molecule is Fc1cc(C(F)(F)F)c(I)cc1Cl. The molecule has 0 saturated heterocycles. The average molecular weight is 324 g/mol. The lowest BCUT2D eigenvalue weighted by atomic mass is 10.2. The molecule has 0 aliphatic carbocycles. The van der Waals surface area contributed by atoms with Crippen molar-refractivity contribution in [1.82, 2.24) is 0 Å². The Labute approximate surface area is 90.0 Å². The van der Waals surface area contributed by atoms with Gasteiger partial charge in [-0.25, -0.2) is 4.39 Å². The van der Waals surface area contributed by atoms with Gasteiger partial charge in [-0.3, -0.25) is 0 Å². The lowest BCUT2D eigenvalue weighted by Crippen LogP contribution is -2.08. The summed E-state index contributed by atoms with van der Waals surface area (Å²) in [6.45, 7) is 0. The Balaban J connectivity index is 3.32. The van der Waals surface area contributed by atoms with Crippen LogP contribution in [0.2, 0.25) is 5.02 Å². The highest BCUT2D eigenvalue weighted by molar-refractivity contribution is 14.1. The van der Waals surface area contributed by atoms with E-state index in [2.05, 4.69) is 0 Å². The van der Waals surface area contributed by atoms with Gasteiger partial charge >= 0.3 is 6.18 Å². The Kier molecular flexibility index (Phi) is 3.06. The smallest absolute Gasteiger partial charge is 0.205 e. The van der Waals surface area contributed by atoms with Gasteiger partial charge in [0.25, 0.3) is 0 Å². The van der Waals surface area contributed by atoms with Crippen molar-refractivity contribution in [3.05, 3.63) is 32.1 Å². The van der Waals surface area contributed by atoms with Gasteiger partial charge in [0.15, 0.2) is 0 Å². The van der Waals surface area contributed by atoms with Crippen LogP contribution >= 0.6 is 34.2 Å². The van der Waals surface area contributed by atoms with Gasteiger partial charge in [-0.2, -0.15) is 13.2 Å². The van der Waals surface area contributed by atoms with E-state index in [0.29, 0.717) is 6.07 Å². The molecule has 0 unspecified atom stereocenters. The second-order valence-electron chi connectivity index (χ2n) is 2.24. The molecule has 0 fully saturated rings. The summed E-state index contributed by atoms with van der Waals surface area (Å²) in [7, 11) is 0. The molecule has 6 heteroatoms. The fourth-order valence-electron chi connectivity index (χ4n) is 0.740. The summed E-state index contributed by atoms with van der Waals surface area (Å²) in [5, 5.41) is -0.308. The van der Waals surface area contributed by atoms with Crippen molar-refractivity contribution in [3.63, 3.8) is 0 Å². The fourth-order valence-corrected chi connectivity index (χ4v) is 1.86. The predicted molar refractivity (Wildman–Crippen MR) is 49.1 cm³/mol. The zero-order chi connectivity index (χ0) is 10.2. The van der Waals surface area contributed by atoms with E-state index in [1.165, 1.54) is 22.6 Å². The van der Waals surface area contributed by atoms with Crippen LogP contribution in [0, 0.1) is 9.39 Å². The highest BCUT2D eigenvalue weighted by atomic mass is 127. The minimum absolute atomic E-state index is 0.114. The van der Waals surface area contributed by atoms with Gasteiger partial charge in [0.05, 0.1) is 10.6 Å². The van der Waals surface area contributed by atoms with E-state index in [1.807, 2.05) is 0 Å². The number of rotatable bonds is 0. The first kappa shape index (κ1) is 11.0. The van der Waals surface area contributed by atoms with E-state index in [1.54, 1.807) is 0 Å². The summed E-state index contributed by atoms with van der Waals surface area (Å²) < 4.78 is 49.0. The molecule has 0 amide bonds. The largest absolute Gasteiger partial charge is 0.417 e. The third-order valence-corrected chi connectivity index (χ3v) is 2.50. The van der Waals surface area contributed by atoms with Crippen molar-refractivity contribution >= 4 is 34.2 Å². The van der Waals surface area contributed by atoms with Crippen molar-refractivity contribution < 1.29 is 17.6 Å². The van der Waals surface area contributed by atoms with E-state index < -0.39 is 17.6 Å². The van der Waals surface area contributed by atoms with Gasteiger partial charge in [0.1, 0.15) is 5.82 Å². The summed E-state index contributed by atoms with van der Waals surface area (Å²) in [5.74, 6) is -1.06. The molecule has 1 aromatic carbocycles. The second kappa shape index (κ2) is 3.61. The molecule has 0 aliphatic heterocycles. The number of benzene rings is 1. The Morgan fingerprint density at radius 3 is 2.23 bits per heavy atom. The zero-order valence-electron chi connectivity index (χ0n) is 5.92. The quantitative estimate of drug-likeness (QED) is 0.383. The minimum Gasteiger partial charge on any atom is -0.205 e. The van der Waals surface area contributed by atoms with E-state index in [-0.39, 0.29) is 8.59 Å². The van der Waals surface area contributed by atoms with Crippen LogP contribution in [-0.2, 0) is 6.18 Å². The maximum atomic E-state index is 12.7. The minimum atomic E-state index is -4.54. The van der Waals surface area contributed by atoms with Crippen LogP contribution in [0.25, 0.3) is 0 Å². The maximum absolute atomic E-state index is 12.7. The molecule has 1 rings (SSSR count). The summed E-state index contributed by atoms with van der Waals surface area (Å²) in [5.41, 5.74) is -1.00. The molecular weight excluding hydrogens is 322 g/mol. The van der Waals surface area contributed by atoms with E-state index in [0.717, 1.165) is 6.07 Å². The van der Waals surface area contributed by atoms with Crippen molar-refractivity contribution in [1.29, 1.82) is 0 Å². The van der Waals surface area contributed by atoms with Crippen LogP contribution in [0.5, 0.6) is 0 Å². The summed E-state index contributed by atoms with van der Waals surface area (Å²) >= 11 is 6.75. The van der Waals surface area contributed by atoms with Gasteiger partial charge in [-0.05, 0) is 34.7 Å². The second-order valence-corrected chi connectivity index (χ2v) is 3.81. The molecule has 0 N–H and O–H groups in total. The molecule has 0 radical (unpaired) electrons. The van der Waals surface area contributed by atoms with Gasteiger partial charge < -0.3 is 0 Å². The molecule has 0 spiro atoms. The average Bonchev–Trinajstić information content (AvgIpc) is 1.94. The first-order valence-corrected chi connectivity index (χ1v) is 4.50. The van der Waals surface area contributed by atoms with Crippen LogP contribution in [0.1, 0.15) is 5.56 Å². The summed E-state index contributed by atoms with van der Waals surface area (Å²) in [4.78, 5) is 0. The Hall–Kier alpha value is -0.0400. The maximum Gasteiger partial charge on any atom is 0.417 e. The van der Waals surface area contributed by atoms with Crippen LogP contribution in [0.15, 0.2) is 12.1 Å². The van der Waals surface area contributed by atoms with Crippen LogP contribution in [0.3, 0.4) is 0 Å². The number of hydrogen-bond donors (Lipinski definition) is 0. The molecule has 13 heavy (non-hydrogen) atoms. The normalized spacial score (nSPS) is 11.8. The third kappa shape index (κ3) is 2.46. The molecule has 1 aromatic rings. The monoisotopic (exact) mass is 324 g/mol. The number of halogens is 6. The lowest BCUT2D eigenvalue weighted by Gasteiger charge is -2.09. The van der Waals surface area contributed by atoms with Crippen molar-refractivity contribution in [2.75, 3.05) is 0 Å². The van der Waals surface area contributed by atoms with Crippen molar-refractivity contribution in [2.45, 2.75) is 6.18 Å². The molecule has 0 heterocycles. The first-order valence-electron chi connectivity index (χ1n) is 3.04. The molecule has 0 bridgehead atoms. The van der Waals surface area contributed by atoms with Gasteiger partial charge in [0.2, 0.25) is 0 Å². The van der Waals surface area contributed by atoms with Gasteiger partial charge in [0, 0.05) is 3.57 Å². The molecule has 72 valence electrons. The summed E-state index contributed by atoms with van der Waals surface area (Å²) in [6.07, 6.45) is -4.54. The molecule has 0 atom stereocenters. The number of hydrogen-bond acceptors (Lipinski definition) is 0. The molecule has 0 aromatic heterocycles. The summed E-state index contributed by atoms with van der Waals surface area (Å²) in [6, 6.07) is 1.34. The molecule has 0 aliphatic rings. The zero-order valence-corrected chi connectivity index (χ0v) is 8.84. The van der Waals surface area contributed by atoms with E-state index in [9.17, 15) is 17.6 Å². The Bertz CT molecular complexity index is 334. The van der Waals surface area contributed by atoms with E-state index >= 15 is 0 Å². The van der Waals surface area contributed by atoms with Crippen LogP contribution < -0.4 is 0 Å². The predicted octanol–water partition coefficient (Wildman–Crippen LogP) is 4.10.